The number of carbonyl (C=O) groups excluding carboxylic acids is 1. The number of allylic oxidation sites excluding steroid dienone is 2. The van der Waals surface area contributed by atoms with Crippen molar-refractivity contribution in [2.45, 2.75) is 52.1 Å². The second-order valence-corrected chi connectivity index (χ2v) is 11.0. The Morgan fingerprint density at radius 2 is 1.94 bits per heavy atom. The maximum atomic E-state index is 12.9. The smallest absolute Gasteiger partial charge is 0.310 e. The van der Waals surface area contributed by atoms with E-state index in [9.17, 15) is 4.79 Å². The van der Waals surface area contributed by atoms with Crippen LogP contribution in [0.25, 0.3) is 0 Å². The van der Waals surface area contributed by atoms with Crippen LogP contribution in [0.15, 0.2) is 29.3 Å². The number of anilines is 1. The quantitative estimate of drug-likeness (QED) is 0.433. The van der Waals surface area contributed by atoms with Gasteiger partial charge in [-0.3, -0.25) is 9.69 Å². The Hall–Kier alpha value is -1.23. The van der Waals surface area contributed by atoms with Crippen molar-refractivity contribution in [3.63, 3.8) is 0 Å². The van der Waals surface area contributed by atoms with E-state index in [0.29, 0.717) is 16.0 Å². The fourth-order valence-electron chi connectivity index (χ4n) is 6.47. The lowest BCUT2D eigenvalue weighted by atomic mass is 9.59. The average Bonchev–Trinajstić information content (AvgIpc) is 3.03. The highest BCUT2D eigenvalue weighted by Crippen LogP contribution is 2.55. The molecule has 3 fully saturated rings. The summed E-state index contributed by atoms with van der Waals surface area (Å²) in [5.74, 6) is 0.382. The highest BCUT2D eigenvalue weighted by Gasteiger charge is 2.53. The van der Waals surface area contributed by atoms with E-state index in [2.05, 4.69) is 23.6 Å². The molecule has 168 valence electrons. The van der Waals surface area contributed by atoms with Crippen LogP contribution in [0.3, 0.4) is 0 Å². The summed E-state index contributed by atoms with van der Waals surface area (Å²) in [5, 5.41) is 1.18. The highest BCUT2D eigenvalue weighted by atomic mass is 35.5. The van der Waals surface area contributed by atoms with Crippen molar-refractivity contribution in [2.75, 3.05) is 37.6 Å². The summed E-state index contributed by atoms with van der Waals surface area (Å²) in [6.07, 6.45) is 5.89. The van der Waals surface area contributed by atoms with Crippen LogP contribution in [0, 0.1) is 17.3 Å². The Labute approximate surface area is 195 Å². The highest BCUT2D eigenvalue weighted by molar-refractivity contribution is 6.42. The second kappa shape index (κ2) is 8.28. The molecule has 0 amide bonds. The molecule has 1 saturated carbocycles. The predicted octanol–water partition coefficient (Wildman–Crippen LogP) is 5.57. The van der Waals surface area contributed by atoms with Crippen LogP contribution < -0.4 is 4.90 Å². The maximum absolute atomic E-state index is 12.9. The number of fused-ring (bicyclic) bond motifs is 2. The van der Waals surface area contributed by atoms with Crippen LogP contribution in [0.2, 0.25) is 10.0 Å². The summed E-state index contributed by atoms with van der Waals surface area (Å²) in [6, 6.07) is 5.83. The van der Waals surface area contributed by atoms with E-state index in [0.717, 1.165) is 51.3 Å². The normalized spacial score (nSPS) is 33.9. The number of piperazine rings is 1. The summed E-state index contributed by atoms with van der Waals surface area (Å²) in [7, 11) is 0. The van der Waals surface area contributed by atoms with Gasteiger partial charge >= 0.3 is 5.97 Å². The third-order valence-electron chi connectivity index (χ3n) is 8.28. The molecule has 6 heteroatoms. The Morgan fingerprint density at radius 1 is 1.16 bits per heavy atom. The Balaban J connectivity index is 1.24. The first-order valence-corrected chi connectivity index (χ1v) is 12.4. The first-order valence-electron chi connectivity index (χ1n) is 11.7. The van der Waals surface area contributed by atoms with Crippen LogP contribution in [0.1, 0.15) is 46.0 Å². The molecule has 4 atom stereocenters. The van der Waals surface area contributed by atoms with Gasteiger partial charge < -0.3 is 9.64 Å². The molecular formula is C25H32Cl2N2O2. The Morgan fingerprint density at radius 3 is 2.68 bits per heavy atom. The molecule has 2 heterocycles. The maximum Gasteiger partial charge on any atom is 0.310 e. The number of esters is 1. The largest absolute Gasteiger partial charge is 0.462 e. The zero-order valence-electron chi connectivity index (χ0n) is 18.5. The monoisotopic (exact) mass is 462 g/mol. The minimum Gasteiger partial charge on any atom is -0.462 e. The summed E-state index contributed by atoms with van der Waals surface area (Å²) in [6.45, 7) is 9.26. The van der Waals surface area contributed by atoms with Gasteiger partial charge in [-0.25, -0.2) is 0 Å². The van der Waals surface area contributed by atoms with Crippen molar-refractivity contribution in [1.82, 2.24) is 4.90 Å². The van der Waals surface area contributed by atoms with Crippen molar-refractivity contribution >= 4 is 34.9 Å². The summed E-state index contributed by atoms with van der Waals surface area (Å²) in [4.78, 5) is 17.6. The van der Waals surface area contributed by atoms with E-state index >= 15 is 0 Å². The second-order valence-electron chi connectivity index (χ2n) is 10.2. The zero-order valence-corrected chi connectivity index (χ0v) is 20.0. The van der Waals surface area contributed by atoms with Gasteiger partial charge in [-0.1, -0.05) is 41.3 Å². The molecule has 1 aromatic carbocycles. The van der Waals surface area contributed by atoms with E-state index in [1.54, 1.807) is 11.1 Å². The number of ether oxygens (including phenoxy) is 1. The van der Waals surface area contributed by atoms with Gasteiger partial charge in [0.2, 0.25) is 0 Å². The molecule has 5 rings (SSSR count). The van der Waals surface area contributed by atoms with Crippen LogP contribution in [0.5, 0.6) is 0 Å². The van der Waals surface area contributed by atoms with Gasteiger partial charge in [0.05, 0.1) is 16.0 Å². The zero-order chi connectivity index (χ0) is 21.8. The van der Waals surface area contributed by atoms with E-state index in [-0.39, 0.29) is 23.4 Å². The molecule has 1 aromatic rings. The van der Waals surface area contributed by atoms with Gasteiger partial charge in [0.25, 0.3) is 0 Å². The number of benzene rings is 1. The van der Waals surface area contributed by atoms with Crippen LogP contribution in [-0.4, -0.2) is 49.7 Å². The third kappa shape index (κ3) is 4.00. The number of rotatable bonds is 3. The van der Waals surface area contributed by atoms with E-state index in [1.807, 2.05) is 18.2 Å². The minimum absolute atomic E-state index is 0.00769. The van der Waals surface area contributed by atoms with E-state index < -0.39 is 0 Å². The molecule has 0 unspecified atom stereocenters. The molecular weight excluding hydrogens is 431 g/mol. The minimum atomic E-state index is 0.00769. The first-order chi connectivity index (χ1) is 14.8. The lowest BCUT2D eigenvalue weighted by Crippen LogP contribution is -2.49. The molecule has 4 aliphatic rings. The number of nitrogens with zero attached hydrogens (tertiary/aromatic N) is 2. The lowest BCUT2D eigenvalue weighted by Gasteiger charge is -2.46. The molecule has 2 aliphatic carbocycles. The molecule has 31 heavy (non-hydrogen) atoms. The van der Waals surface area contributed by atoms with Gasteiger partial charge in [-0.05, 0) is 62.6 Å². The predicted molar refractivity (Wildman–Crippen MR) is 126 cm³/mol. The van der Waals surface area contributed by atoms with Crippen molar-refractivity contribution in [3.8, 4) is 0 Å². The van der Waals surface area contributed by atoms with Gasteiger partial charge in [-0.2, -0.15) is 0 Å². The molecule has 0 spiro atoms. The van der Waals surface area contributed by atoms with Gasteiger partial charge in [-0.15, -0.1) is 0 Å². The first kappa shape index (κ1) is 21.6. The Kier molecular flexibility index (Phi) is 5.77. The Bertz CT molecular complexity index is 909. The van der Waals surface area contributed by atoms with Crippen LogP contribution >= 0.6 is 23.2 Å². The topological polar surface area (TPSA) is 32.8 Å². The van der Waals surface area contributed by atoms with Gasteiger partial charge in [0.1, 0.15) is 6.10 Å². The van der Waals surface area contributed by atoms with E-state index in [4.69, 9.17) is 27.9 Å². The van der Waals surface area contributed by atoms with Crippen molar-refractivity contribution in [2.24, 2.45) is 17.3 Å². The molecule has 4 nitrogen and oxygen atoms in total. The summed E-state index contributed by atoms with van der Waals surface area (Å²) >= 11 is 12.3. The summed E-state index contributed by atoms with van der Waals surface area (Å²) in [5.41, 5.74) is 4.55. The summed E-state index contributed by atoms with van der Waals surface area (Å²) < 4.78 is 5.96. The number of hydrogen-bond donors (Lipinski definition) is 0. The molecule has 0 bridgehead atoms. The number of halogens is 2. The molecule has 0 aromatic heterocycles. The van der Waals surface area contributed by atoms with Gasteiger partial charge in [0, 0.05) is 44.3 Å². The standard InChI is InChI=1S/C25H32Cl2N2O2/c1-16-4-3-7-25(2)14-23-18(13-20(16)25)19(24(30)31-23)15-28-8-10-29(11-9-28)17-5-6-21(26)22(27)12-17/h5-6,12,18-19,23H,3-4,7-11,13-15H2,1-2H3/t18-,19+,23-,25-/m1/s1. The lowest BCUT2D eigenvalue weighted by molar-refractivity contribution is -0.145. The number of hydrogen-bond acceptors (Lipinski definition) is 4. The van der Waals surface area contributed by atoms with Crippen LogP contribution in [0.4, 0.5) is 5.69 Å². The van der Waals surface area contributed by atoms with Crippen molar-refractivity contribution < 1.29 is 9.53 Å². The van der Waals surface area contributed by atoms with E-state index in [1.165, 1.54) is 19.3 Å². The average molecular weight is 463 g/mol. The molecule has 2 saturated heterocycles. The number of carbonyl (C=O) groups is 1. The molecule has 0 N–H and O–H groups in total. The molecule has 2 aliphatic heterocycles. The molecule has 0 radical (unpaired) electrons. The SMILES string of the molecule is CC1=C2C[C@@H]3[C@H](CN4CCN(c5ccc(Cl)c(Cl)c5)CC4)C(=O)O[C@@H]3C[C@@]2(C)CCC1. The van der Waals surface area contributed by atoms with Crippen molar-refractivity contribution in [3.05, 3.63) is 39.4 Å². The fraction of sp³-hybridized carbons (Fsp3) is 0.640. The van der Waals surface area contributed by atoms with Crippen LogP contribution in [-0.2, 0) is 9.53 Å². The van der Waals surface area contributed by atoms with Crippen molar-refractivity contribution in [1.29, 1.82) is 0 Å². The third-order valence-corrected chi connectivity index (χ3v) is 9.01. The fourth-order valence-corrected chi connectivity index (χ4v) is 6.76. The van der Waals surface area contributed by atoms with Gasteiger partial charge in [0.15, 0.2) is 0 Å².